The molecule has 0 atom stereocenters. The number of nitro groups is 1. The summed E-state index contributed by atoms with van der Waals surface area (Å²) in [6.45, 7) is 1.34. The molecule has 0 aliphatic heterocycles. The highest BCUT2D eigenvalue weighted by Crippen LogP contribution is 2.25. The van der Waals surface area contributed by atoms with Gasteiger partial charge < -0.3 is 14.5 Å². The number of hydrogen-bond donors (Lipinski definition) is 1. The van der Waals surface area contributed by atoms with Crippen molar-refractivity contribution < 1.29 is 23.7 Å². The minimum Gasteiger partial charge on any atom is -0.450 e. The molecule has 0 radical (unpaired) electrons. The zero-order valence-electron chi connectivity index (χ0n) is 15.2. The summed E-state index contributed by atoms with van der Waals surface area (Å²) in [5.74, 6) is -1.09. The third-order valence-corrected chi connectivity index (χ3v) is 4.37. The average Bonchev–Trinajstić information content (AvgIpc) is 3.19. The number of nitrogens with zero attached hydrogens (tertiary/aromatic N) is 1. The molecule has 29 heavy (non-hydrogen) atoms. The maximum atomic E-state index is 12.1. The zero-order valence-corrected chi connectivity index (χ0v) is 15.9. The van der Waals surface area contributed by atoms with Crippen LogP contribution in [0.15, 0.2) is 59.0 Å². The largest absolute Gasteiger partial charge is 0.450 e. The van der Waals surface area contributed by atoms with Crippen molar-refractivity contribution >= 4 is 34.9 Å². The van der Waals surface area contributed by atoms with Crippen molar-refractivity contribution in [3.63, 3.8) is 0 Å². The number of benzene rings is 2. The molecule has 0 bridgehead atoms. The Bertz CT molecular complexity index is 1070. The van der Waals surface area contributed by atoms with Crippen LogP contribution in [0.25, 0.3) is 11.3 Å². The third kappa shape index (κ3) is 4.99. The number of aryl methyl sites for hydroxylation is 1. The van der Waals surface area contributed by atoms with Gasteiger partial charge in [-0.05, 0) is 48.9 Å². The first-order valence-electron chi connectivity index (χ1n) is 8.41. The summed E-state index contributed by atoms with van der Waals surface area (Å²) in [5, 5.41) is 13.8. The van der Waals surface area contributed by atoms with Gasteiger partial charge in [-0.15, -0.1) is 0 Å². The molecule has 1 amide bonds. The number of carbonyl (C=O) groups excluding carboxylic acids is 2. The molecule has 0 saturated carbocycles. The molecule has 0 aliphatic rings. The van der Waals surface area contributed by atoms with E-state index in [0.717, 1.165) is 5.56 Å². The van der Waals surface area contributed by atoms with Gasteiger partial charge in [-0.25, -0.2) is 4.79 Å². The first-order valence-corrected chi connectivity index (χ1v) is 8.79. The van der Waals surface area contributed by atoms with E-state index in [9.17, 15) is 19.7 Å². The molecule has 1 aromatic heterocycles. The van der Waals surface area contributed by atoms with Gasteiger partial charge in [0.05, 0.1) is 4.92 Å². The molecular weight excluding hydrogens is 400 g/mol. The smallest absolute Gasteiger partial charge is 0.374 e. The van der Waals surface area contributed by atoms with Gasteiger partial charge in [-0.3, -0.25) is 14.9 Å². The Morgan fingerprint density at radius 1 is 1.14 bits per heavy atom. The van der Waals surface area contributed by atoms with Crippen molar-refractivity contribution in [3.05, 3.63) is 81.1 Å². The molecule has 3 aromatic rings. The van der Waals surface area contributed by atoms with Crippen LogP contribution < -0.4 is 5.32 Å². The number of rotatable bonds is 6. The molecular formula is C20H15ClN2O6. The lowest BCUT2D eigenvalue weighted by Crippen LogP contribution is -2.20. The number of carbonyl (C=O) groups is 2. The Hall–Kier alpha value is -3.65. The van der Waals surface area contributed by atoms with E-state index < -0.39 is 23.4 Å². The minimum atomic E-state index is -0.810. The van der Waals surface area contributed by atoms with Crippen LogP contribution in [0, 0.1) is 17.0 Å². The number of esters is 1. The van der Waals surface area contributed by atoms with Crippen LogP contribution in [0.2, 0.25) is 5.02 Å². The van der Waals surface area contributed by atoms with Gasteiger partial charge in [-0.2, -0.15) is 0 Å². The van der Waals surface area contributed by atoms with E-state index in [4.69, 9.17) is 20.8 Å². The summed E-state index contributed by atoms with van der Waals surface area (Å²) in [6, 6.07) is 13.6. The van der Waals surface area contributed by atoms with Gasteiger partial charge in [0.2, 0.25) is 5.76 Å². The quantitative estimate of drug-likeness (QED) is 0.358. The standard InChI is InChI=1S/C20H15ClN2O6/c1-12-2-5-14(10-16(12)21)22-19(24)11-28-20(25)18-9-8-17(29-18)13-3-6-15(7-4-13)23(26)27/h2-10H,11H2,1H3,(H,22,24). The van der Waals surface area contributed by atoms with Gasteiger partial charge in [0, 0.05) is 28.4 Å². The fraction of sp³-hybridized carbons (Fsp3) is 0.100. The summed E-state index contributed by atoms with van der Waals surface area (Å²) in [5.41, 5.74) is 1.86. The van der Waals surface area contributed by atoms with E-state index >= 15 is 0 Å². The van der Waals surface area contributed by atoms with Crippen molar-refractivity contribution in [2.45, 2.75) is 6.92 Å². The molecule has 0 unspecified atom stereocenters. The monoisotopic (exact) mass is 414 g/mol. The highest BCUT2D eigenvalue weighted by Gasteiger charge is 2.16. The third-order valence-electron chi connectivity index (χ3n) is 3.96. The summed E-state index contributed by atoms with van der Waals surface area (Å²) in [6.07, 6.45) is 0. The number of anilines is 1. The summed E-state index contributed by atoms with van der Waals surface area (Å²) >= 11 is 6.00. The van der Waals surface area contributed by atoms with E-state index in [2.05, 4.69) is 5.32 Å². The Morgan fingerprint density at radius 3 is 2.52 bits per heavy atom. The van der Waals surface area contributed by atoms with Crippen LogP contribution in [-0.2, 0) is 9.53 Å². The Labute approximate surface area is 170 Å². The second kappa shape index (κ2) is 8.57. The maximum Gasteiger partial charge on any atom is 0.374 e. The molecule has 0 spiro atoms. The summed E-state index contributed by atoms with van der Waals surface area (Å²) < 4.78 is 10.4. The van der Waals surface area contributed by atoms with E-state index in [-0.39, 0.29) is 11.4 Å². The van der Waals surface area contributed by atoms with Gasteiger partial charge in [-0.1, -0.05) is 17.7 Å². The highest BCUT2D eigenvalue weighted by molar-refractivity contribution is 6.31. The van der Waals surface area contributed by atoms with E-state index in [1.807, 2.05) is 6.92 Å². The fourth-order valence-corrected chi connectivity index (χ4v) is 2.60. The second-order valence-electron chi connectivity index (χ2n) is 6.06. The number of ether oxygens (including phenoxy) is 1. The van der Waals surface area contributed by atoms with Crippen LogP contribution in [0.3, 0.4) is 0 Å². The predicted octanol–water partition coefficient (Wildman–Crippen LogP) is 4.61. The minimum absolute atomic E-state index is 0.0548. The molecule has 1 N–H and O–H groups in total. The molecule has 148 valence electrons. The Morgan fingerprint density at radius 2 is 1.86 bits per heavy atom. The molecule has 0 fully saturated rings. The van der Waals surface area contributed by atoms with Crippen LogP contribution >= 0.6 is 11.6 Å². The van der Waals surface area contributed by atoms with Crippen molar-refractivity contribution in [1.29, 1.82) is 0 Å². The average molecular weight is 415 g/mol. The van der Waals surface area contributed by atoms with Crippen molar-refractivity contribution in [3.8, 4) is 11.3 Å². The number of furan rings is 1. The normalized spacial score (nSPS) is 10.4. The van der Waals surface area contributed by atoms with E-state index in [1.165, 1.54) is 36.4 Å². The zero-order chi connectivity index (χ0) is 21.0. The first kappa shape index (κ1) is 20.1. The van der Waals surface area contributed by atoms with Gasteiger partial charge in [0.1, 0.15) is 5.76 Å². The number of halogens is 1. The topological polar surface area (TPSA) is 112 Å². The molecule has 3 rings (SSSR count). The highest BCUT2D eigenvalue weighted by atomic mass is 35.5. The maximum absolute atomic E-state index is 12.1. The number of nitro benzene ring substituents is 1. The summed E-state index contributed by atoms with van der Waals surface area (Å²) in [4.78, 5) is 34.2. The molecule has 8 nitrogen and oxygen atoms in total. The second-order valence-corrected chi connectivity index (χ2v) is 6.46. The fourth-order valence-electron chi connectivity index (χ4n) is 2.42. The molecule has 0 aliphatic carbocycles. The number of nitrogens with one attached hydrogen (secondary N) is 1. The molecule has 2 aromatic carbocycles. The van der Waals surface area contributed by atoms with Crippen LogP contribution in [-0.4, -0.2) is 23.4 Å². The van der Waals surface area contributed by atoms with Crippen LogP contribution in [0.5, 0.6) is 0 Å². The SMILES string of the molecule is Cc1ccc(NC(=O)COC(=O)c2ccc(-c3ccc([N+](=O)[O-])cc3)o2)cc1Cl. The number of amides is 1. The van der Waals surface area contributed by atoms with Crippen LogP contribution in [0.4, 0.5) is 11.4 Å². The van der Waals surface area contributed by atoms with Gasteiger partial charge >= 0.3 is 5.97 Å². The van der Waals surface area contributed by atoms with E-state index in [0.29, 0.717) is 22.0 Å². The number of hydrogen-bond acceptors (Lipinski definition) is 6. The lowest BCUT2D eigenvalue weighted by Gasteiger charge is -2.07. The van der Waals surface area contributed by atoms with Crippen LogP contribution in [0.1, 0.15) is 16.1 Å². The lowest BCUT2D eigenvalue weighted by molar-refractivity contribution is -0.384. The Kier molecular flexibility index (Phi) is 5.94. The van der Waals surface area contributed by atoms with Crippen molar-refractivity contribution in [2.75, 3.05) is 11.9 Å². The molecule has 0 saturated heterocycles. The van der Waals surface area contributed by atoms with Crippen molar-refractivity contribution in [1.82, 2.24) is 0 Å². The molecule has 9 heteroatoms. The lowest BCUT2D eigenvalue weighted by atomic mass is 10.1. The van der Waals surface area contributed by atoms with Gasteiger partial charge in [0.15, 0.2) is 6.61 Å². The number of non-ortho nitro benzene ring substituents is 1. The predicted molar refractivity (Wildman–Crippen MR) is 106 cm³/mol. The Balaban J connectivity index is 1.57. The summed E-state index contributed by atoms with van der Waals surface area (Å²) in [7, 11) is 0. The van der Waals surface area contributed by atoms with E-state index in [1.54, 1.807) is 18.2 Å². The van der Waals surface area contributed by atoms with Crippen molar-refractivity contribution in [2.24, 2.45) is 0 Å². The first-order chi connectivity index (χ1) is 13.8. The molecule has 1 heterocycles. The van der Waals surface area contributed by atoms with Gasteiger partial charge in [0.25, 0.3) is 11.6 Å².